The Morgan fingerprint density at radius 2 is 1.97 bits per heavy atom. The summed E-state index contributed by atoms with van der Waals surface area (Å²) in [6.07, 6.45) is 8.12. The number of allylic oxidation sites excluding steroid dienone is 5. The molecule has 0 bridgehead atoms. The number of hydrogen-bond acceptors (Lipinski definition) is 3. The molecule has 1 aromatic rings. The molecule has 2 saturated carbocycles. The molecule has 1 aromatic carbocycles. The van der Waals surface area contributed by atoms with Gasteiger partial charge in [0.05, 0.1) is 18.1 Å². The van der Waals surface area contributed by atoms with E-state index in [-0.39, 0.29) is 23.5 Å². The standard InChI is InChI=1S/C29H33NO2/c1-18(2)19-4-6-20(7-5-19)25-17-28(3)26(12-13-29(28,32)14-15-30)24-10-8-21-16-22(31)9-11-23(21)27(24)25/h4-7,16,24-26,32H,1,8-14,17H2,2-3H3/t24-,25+,26-,28-,29-/m0/s1. The molecular formula is C29H33NO2. The van der Waals surface area contributed by atoms with Gasteiger partial charge in [-0.15, -0.1) is 0 Å². The van der Waals surface area contributed by atoms with Crippen molar-refractivity contribution in [2.45, 2.75) is 76.7 Å². The maximum absolute atomic E-state index is 12.2. The summed E-state index contributed by atoms with van der Waals surface area (Å²) in [7, 11) is 0. The van der Waals surface area contributed by atoms with E-state index in [1.54, 1.807) is 0 Å². The number of nitriles is 1. The molecule has 0 spiro atoms. The summed E-state index contributed by atoms with van der Waals surface area (Å²) in [4.78, 5) is 12.2. The summed E-state index contributed by atoms with van der Waals surface area (Å²) in [5, 5.41) is 21.2. The van der Waals surface area contributed by atoms with Crippen molar-refractivity contribution in [2.24, 2.45) is 17.3 Å². The fourth-order valence-electron chi connectivity index (χ4n) is 7.47. The Morgan fingerprint density at radius 3 is 2.66 bits per heavy atom. The van der Waals surface area contributed by atoms with Crippen LogP contribution in [0, 0.1) is 28.6 Å². The van der Waals surface area contributed by atoms with Crippen LogP contribution in [0.4, 0.5) is 0 Å². The highest BCUT2D eigenvalue weighted by Gasteiger charge is 2.62. The van der Waals surface area contributed by atoms with Crippen molar-refractivity contribution >= 4 is 11.4 Å². The summed E-state index contributed by atoms with van der Waals surface area (Å²) in [6.45, 7) is 8.35. The lowest BCUT2D eigenvalue weighted by molar-refractivity contribution is -0.114. The van der Waals surface area contributed by atoms with Crippen molar-refractivity contribution in [3.05, 3.63) is 64.8 Å². The van der Waals surface area contributed by atoms with E-state index < -0.39 is 5.60 Å². The first-order valence-electron chi connectivity index (χ1n) is 12.1. The normalized spacial score (nSPS) is 36.0. The Bertz CT molecular complexity index is 1090. The summed E-state index contributed by atoms with van der Waals surface area (Å²) < 4.78 is 0. The number of nitrogens with zero attached hydrogens (tertiary/aromatic N) is 1. The molecule has 3 nitrogen and oxygen atoms in total. The van der Waals surface area contributed by atoms with Crippen LogP contribution >= 0.6 is 0 Å². The molecule has 5 atom stereocenters. The van der Waals surface area contributed by atoms with Crippen LogP contribution in [-0.2, 0) is 4.79 Å². The number of carbonyl (C=O) groups is 1. The fourth-order valence-corrected chi connectivity index (χ4v) is 7.47. The minimum absolute atomic E-state index is 0.208. The van der Waals surface area contributed by atoms with Crippen LogP contribution in [0.3, 0.4) is 0 Å². The summed E-state index contributed by atoms with van der Waals surface area (Å²) >= 11 is 0. The van der Waals surface area contributed by atoms with Crippen LogP contribution in [0.2, 0.25) is 0 Å². The van der Waals surface area contributed by atoms with Gasteiger partial charge in [-0.25, -0.2) is 0 Å². The van der Waals surface area contributed by atoms with Crippen LogP contribution in [0.25, 0.3) is 5.57 Å². The molecule has 32 heavy (non-hydrogen) atoms. The van der Waals surface area contributed by atoms with E-state index >= 15 is 0 Å². The Labute approximate surface area is 191 Å². The third-order valence-electron chi connectivity index (χ3n) is 9.23. The van der Waals surface area contributed by atoms with Gasteiger partial charge in [-0.05, 0) is 85.6 Å². The van der Waals surface area contributed by atoms with Gasteiger partial charge in [0.2, 0.25) is 0 Å². The van der Waals surface area contributed by atoms with Gasteiger partial charge < -0.3 is 5.11 Å². The Hall–Kier alpha value is -2.44. The lowest BCUT2D eigenvalue weighted by Crippen LogP contribution is -2.51. The highest BCUT2D eigenvalue weighted by atomic mass is 16.3. The maximum atomic E-state index is 12.2. The zero-order chi connectivity index (χ0) is 22.7. The minimum atomic E-state index is -0.919. The van der Waals surface area contributed by atoms with Crippen LogP contribution < -0.4 is 0 Å². The number of fused-ring (bicyclic) bond motifs is 4. The van der Waals surface area contributed by atoms with Crippen molar-refractivity contribution in [3.8, 4) is 6.07 Å². The summed E-state index contributed by atoms with van der Waals surface area (Å²) in [6, 6.07) is 11.1. The van der Waals surface area contributed by atoms with Crippen molar-refractivity contribution < 1.29 is 9.90 Å². The van der Waals surface area contributed by atoms with Gasteiger partial charge in [-0.3, -0.25) is 4.79 Å². The molecule has 166 valence electrons. The second-order valence-corrected chi connectivity index (χ2v) is 10.8. The van der Waals surface area contributed by atoms with Crippen LogP contribution in [0.1, 0.15) is 82.3 Å². The Morgan fingerprint density at radius 1 is 1.22 bits per heavy atom. The van der Waals surface area contributed by atoms with E-state index in [2.05, 4.69) is 43.8 Å². The number of aliphatic hydroxyl groups is 1. The molecule has 2 fully saturated rings. The lowest BCUT2D eigenvalue weighted by Gasteiger charge is -2.54. The quantitative estimate of drug-likeness (QED) is 0.619. The smallest absolute Gasteiger partial charge is 0.156 e. The minimum Gasteiger partial charge on any atom is -0.388 e. The zero-order valence-corrected chi connectivity index (χ0v) is 19.3. The largest absolute Gasteiger partial charge is 0.388 e. The van der Waals surface area contributed by atoms with Crippen LogP contribution in [0.5, 0.6) is 0 Å². The SMILES string of the molecule is C=C(C)c1ccc([C@H]2C[C@@]3(C)[C@@H](CC[C@]3(O)CC#N)[C@@H]3CCC4=CC(=O)CCC4=C32)cc1. The lowest BCUT2D eigenvalue weighted by atomic mass is 9.51. The van der Waals surface area contributed by atoms with E-state index in [4.69, 9.17) is 0 Å². The van der Waals surface area contributed by atoms with Crippen molar-refractivity contribution in [1.82, 2.24) is 0 Å². The second-order valence-electron chi connectivity index (χ2n) is 10.8. The molecule has 5 rings (SSSR count). The molecule has 0 heterocycles. The highest BCUT2D eigenvalue weighted by molar-refractivity contribution is 5.93. The van der Waals surface area contributed by atoms with Crippen molar-refractivity contribution in [3.63, 3.8) is 0 Å². The van der Waals surface area contributed by atoms with Crippen LogP contribution in [0.15, 0.2) is 53.6 Å². The summed E-state index contributed by atoms with van der Waals surface area (Å²) in [5.41, 5.74) is 6.50. The van der Waals surface area contributed by atoms with Gasteiger partial charge in [0.25, 0.3) is 0 Å². The van der Waals surface area contributed by atoms with E-state index in [0.717, 1.165) is 43.2 Å². The van der Waals surface area contributed by atoms with E-state index in [0.29, 0.717) is 24.7 Å². The van der Waals surface area contributed by atoms with E-state index in [9.17, 15) is 15.2 Å². The van der Waals surface area contributed by atoms with Gasteiger partial charge in [-0.1, -0.05) is 48.9 Å². The fraction of sp³-hybridized carbons (Fsp3) is 0.517. The number of hydrogen-bond donors (Lipinski definition) is 1. The average molecular weight is 428 g/mol. The van der Waals surface area contributed by atoms with Gasteiger partial charge in [-0.2, -0.15) is 5.26 Å². The predicted octanol–water partition coefficient (Wildman–Crippen LogP) is 6.26. The molecular weight excluding hydrogens is 394 g/mol. The third kappa shape index (κ3) is 3.07. The van der Waals surface area contributed by atoms with Crippen LogP contribution in [-0.4, -0.2) is 16.5 Å². The first kappa shape index (κ1) is 21.4. The molecule has 4 aliphatic carbocycles. The first-order valence-corrected chi connectivity index (χ1v) is 12.1. The van der Waals surface area contributed by atoms with Gasteiger partial charge in [0.15, 0.2) is 5.78 Å². The Balaban J connectivity index is 1.66. The van der Waals surface area contributed by atoms with E-state index in [1.807, 2.05) is 13.0 Å². The number of rotatable bonds is 3. The number of benzene rings is 1. The maximum Gasteiger partial charge on any atom is 0.156 e. The van der Waals surface area contributed by atoms with Gasteiger partial charge >= 0.3 is 0 Å². The molecule has 0 saturated heterocycles. The average Bonchev–Trinajstić information content (AvgIpc) is 3.03. The molecule has 0 radical (unpaired) electrons. The predicted molar refractivity (Wildman–Crippen MR) is 127 cm³/mol. The molecule has 0 aliphatic heterocycles. The molecule has 1 N–H and O–H groups in total. The first-order chi connectivity index (χ1) is 15.3. The van der Waals surface area contributed by atoms with E-state index in [1.165, 1.54) is 22.3 Å². The van der Waals surface area contributed by atoms with Crippen molar-refractivity contribution in [1.29, 1.82) is 5.26 Å². The molecule has 4 aliphatic rings. The highest BCUT2D eigenvalue weighted by Crippen LogP contribution is 2.67. The monoisotopic (exact) mass is 427 g/mol. The topological polar surface area (TPSA) is 61.1 Å². The van der Waals surface area contributed by atoms with Crippen molar-refractivity contribution in [2.75, 3.05) is 0 Å². The number of ketones is 1. The van der Waals surface area contributed by atoms with Gasteiger partial charge in [0.1, 0.15) is 0 Å². The summed E-state index contributed by atoms with van der Waals surface area (Å²) in [5.74, 6) is 1.30. The van der Waals surface area contributed by atoms with Gasteiger partial charge in [0, 0.05) is 17.8 Å². The molecule has 0 amide bonds. The molecule has 3 heteroatoms. The molecule has 0 unspecified atom stereocenters. The third-order valence-corrected chi connectivity index (χ3v) is 9.23. The number of carbonyl (C=O) groups excluding carboxylic acids is 1. The second kappa shape index (κ2) is 7.56. The Kier molecular flexibility index (Phi) is 5.06. The zero-order valence-electron chi connectivity index (χ0n) is 19.3. The molecule has 0 aromatic heterocycles.